The van der Waals surface area contributed by atoms with Gasteiger partial charge in [0.15, 0.2) is 0 Å². The summed E-state index contributed by atoms with van der Waals surface area (Å²) >= 11 is 6.10. The SMILES string of the molecule is CN(C)c1ccc(C(N)c2c(Cl)cnn2C)cc1. The Kier molecular flexibility index (Phi) is 3.59. The topological polar surface area (TPSA) is 47.1 Å². The van der Waals surface area contributed by atoms with E-state index in [1.165, 1.54) is 0 Å². The monoisotopic (exact) mass is 264 g/mol. The second-order valence-corrected chi connectivity index (χ2v) is 4.87. The van der Waals surface area contributed by atoms with Crippen molar-refractivity contribution in [3.63, 3.8) is 0 Å². The number of hydrogen-bond donors (Lipinski definition) is 1. The van der Waals surface area contributed by atoms with E-state index in [0.29, 0.717) is 5.02 Å². The first-order valence-corrected chi connectivity index (χ1v) is 6.08. The van der Waals surface area contributed by atoms with Crippen LogP contribution >= 0.6 is 11.6 Å². The first-order chi connectivity index (χ1) is 8.50. The van der Waals surface area contributed by atoms with Crippen molar-refractivity contribution in [2.75, 3.05) is 19.0 Å². The van der Waals surface area contributed by atoms with Gasteiger partial charge in [-0.05, 0) is 17.7 Å². The third-order valence-electron chi connectivity index (χ3n) is 3.00. The van der Waals surface area contributed by atoms with Crippen molar-refractivity contribution in [1.29, 1.82) is 0 Å². The van der Waals surface area contributed by atoms with Crippen molar-refractivity contribution >= 4 is 17.3 Å². The molecule has 1 aromatic heterocycles. The Bertz CT molecular complexity index is 511. The molecule has 2 N–H and O–H groups in total. The van der Waals surface area contributed by atoms with Crippen molar-refractivity contribution in [1.82, 2.24) is 9.78 Å². The lowest BCUT2D eigenvalue weighted by Gasteiger charge is -2.16. The van der Waals surface area contributed by atoms with Gasteiger partial charge in [0.2, 0.25) is 0 Å². The number of hydrogen-bond acceptors (Lipinski definition) is 3. The number of halogens is 1. The van der Waals surface area contributed by atoms with Crippen LogP contribution in [0.15, 0.2) is 30.5 Å². The number of rotatable bonds is 3. The predicted molar refractivity (Wildman–Crippen MR) is 75.0 cm³/mol. The van der Waals surface area contributed by atoms with Crippen LogP contribution in [0.4, 0.5) is 5.69 Å². The van der Waals surface area contributed by atoms with Gasteiger partial charge in [0.1, 0.15) is 0 Å². The maximum atomic E-state index is 6.23. The third kappa shape index (κ3) is 2.35. The Balaban J connectivity index is 2.32. The Hall–Kier alpha value is -1.52. The average Bonchev–Trinajstić information content (AvgIpc) is 2.68. The number of nitrogens with zero attached hydrogens (tertiary/aromatic N) is 3. The van der Waals surface area contributed by atoms with E-state index in [4.69, 9.17) is 17.3 Å². The first kappa shape index (κ1) is 12.9. The summed E-state index contributed by atoms with van der Waals surface area (Å²) in [6.45, 7) is 0. The third-order valence-corrected chi connectivity index (χ3v) is 3.29. The molecule has 1 unspecified atom stereocenters. The van der Waals surface area contributed by atoms with Crippen molar-refractivity contribution in [3.8, 4) is 0 Å². The molecule has 0 bridgehead atoms. The van der Waals surface area contributed by atoms with Crippen LogP contribution in [0.5, 0.6) is 0 Å². The van der Waals surface area contributed by atoms with Crippen LogP contribution in [0.3, 0.4) is 0 Å². The van der Waals surface area contributed by atoms with Gasteiger partial charge in [-0.15, -0.1) is 0 Å². The molecule has 0 amide bonds. The van der Waals surface area contributed by atoms with Gasteiger partial charge in [-0.25, -0.2) is 0 Å². The molecule has 5 heteroatoms. The van der Waals surface area contributed by atoms with Crippen LogP contribution in [0.1, 0.15) is 17.3 Å². The highest BCUT2D eigenvalue weighted by Crippen LogP contribution is 2.26. The number of nitrogens with two attached hydrogens (primary N) is 1. The van der Waals surface area contributed by atoms with Crippen LogP contribution in [0, 0.1) is 0 Å². The zero-order chi connectivity index (χ0) is 13.3. The fourth-order valence-electron chi connectivity index (χ4n) is 1.91. The molecule has 0 fully saturated rings. The van der Waals surface area contributed by atoms with E-state index in [9.17, 15) is 0 Å². The van der Waals surface area contributed by atoms with Gasteiger partial charge in [0.25, 0.3) is 0 Å². The van der Waals surface area contributed by atoms with Gasteiger partial charge < -0.3 is 10.6 Å². The standard InChI is InChI=1S/C13H17ClN4/c1-17(2)10-6-4-9(5-7-10)12(15)13-11(14)8-16-18(13)3/h4-8,12H,15H2,1-3H3. The van der Waals surface area contributed by atoms with E-state index >= 15 is 0 Å². The van der Waals surface area contributed by atoms with Crippen LogP contribution < -0.4 is 10.6 Å². The molecular formula is C13H17ClN4. The van der Waals surface area contributed by atoms with E-state index in [0.717, 1.165) is 16.9 Å². The molecule has 2 aromatic rings. The summed E-state index contributed by atoms with van der Waals surface area (Å²) in [4.78, 5) is 2.05. The van der Waals surface area contributed by atoms with E-state index in [-0.39, 0.29) is 6.04 Å². The molecule has 0 aliphatic heterocycles. The molecule has 2 rings (SSSR count). The molecule has 0 spiro atoms. The van der Waals surface area contributed by atoms with Gasteiger partial charge in [-0.3, -0.25) is 4.68 Å². The Morgan fingerprint density at radius 1 is 1.28 bits per heavy atom. The van der Waals surface area contributed by atoms with Crippen molar-refractivity contribution < 1.29 is 0 Å². The highest BCUT2D eigenvalue weighted by atomic mass is 35.5. The molecule has 4 nitrogen and oxygen atoms in total. The second-order valence-electron chi connectivity index (χ2n) is 4.46. The van der Waals surface area contributed by atoms with Crippen LogP contribution in [-0.2, 0) is 7.05 Å². The molecular weight excluding hydrogens is 248 g/mol. The largest absolute Gasteiger partial charge is 0.378 e. The average molecular weight is 265 g/mol. The Morgan fingerprint density at radius 2 is 1.89 bits per heavy atom. The summed E-state index contributed by atoms with van der Waals surface area (Å²) in [5, 5.41) is 4.70. The molecule has 0 radical (unpaired) electrons. The maximum absolute atomic E-state index is 6.23. The molecule has 1 heterocycles. The molecule has 18 heavy (non-hydrogen) atoms. The van der Waals surface area contributed by atoms with E-state index in [1.54, 1.807) is 10.9 Å². The van der Waals surface area contributed by atoms with E-state index in [1.807, 2.05) is 50.3 Å². The van der Waals surface area contributed by atoms with Crippen molar-refractivity contribution in [2.45, 2.75) is 6.04 Å². The number of benzene rings is 1. The van der Waals surface area contributed by atoms with Gasteiger partial charge in [-0.2, -0.15) is 5.10 Å². The van der Waals surface area contributed by atoms with Gasteiger partial charge >= 0.3 is 0 Å². The summed E-state index contributed by atoms with van der Waals surface area (Å²) in [5.74, 6) is 0. The molecule has 0 aliphatic rings. The molecule has 1 atom stereocenters. The Labute approximate surface area is 112 Å². The zero-order valence-electron chi connectivity index (χ0n) is 10.8. The number of aryl methyl sites for hydroxylation is 1. The fraction of sp³-hybridized carbons (Fsp3) is 0.308. The minimum atomic E-state index is -0.263. The lowest BCUT2D eigenvalue weighted by atomic mass is 10.0. The molecule has 0 saturated heterocycles. The molecule has 0 saturated carbocycles. The summed E-state index contributed by atoms with van der Waals surface area (Å²) < 4.78 is 1.72. The van der Waals surface area contributed by atoms with Crippen LogP contribution in [0.2, 0.25) is 5.02 Å². The van der Waals surface area contributed by atoms with E-state index < -0.39 is 0 Å². The van der Waals surface area contributed by atoms with Crippen molar-refractivity contribution in [3.05, 3.63) is 46.7 Å². The van der Waals surface area contributed by atoms with Crippen LogP contribution in [-0.4, -0.2) is 23.9 Å². The molecule has 96 valence electrons. The minimum Gasteiger partial charge on any atom is -0.378 e. The van der Waals surface area contributed by atoms with E-state index in [2.05, 4.69) is 5.10 Å². The van der Waals surface area contributed by atoms with Gasteiger partial charge in [0, 0.05) is 26.8 Å². The smallest absolute Gasteiger partial charge is 0.0837 e. The minimum absolute atomic E-state index is 0.263. The summed E-state index contributed by atoms with van der Waals surface area (Å²) in [5.41, 5.74) is 9.22. The highest BCUT2D eigenvalue weighted by Gasteiger charge is 2.16. The second kappa shape index (κ2) is 5.00. The lowest BCUT2D eigenvalue weighted by Crippen LogP contribution is -2.16. The zero-order valence-corrected chi connectivity index (χ0v) is 11.5. The summed E-state index contributed by atoms with van der Waals surface area (Å²) in [6.07, 6.45) is 1.62. The van der Waals surface area contributed by atoms with Gasteiger partial charge in [0.05, 0.1) is 23.0 Å². The fourth-order valence-corrected chi connectivity index (χ4v) is 2.19. The quantitative estimate of drug-likeness (QED) is 0.924. The predicted octanol–water partition coefficient (Wildman–Crippen LogP) is 2.19. The normalized spacial score (nSPS) is 12.5. The van der Waals surface area contributed by atoms with Crippen molar-refractivity contribution in [2.24, 2.45) is 12.8 Å². The lowest BCUT2D eigenvalue weighted by molar-refractivity contribution is 0.673. The first-order valence-electron chi connectivity index (χ1n) is 5.71. The Morgan fingerprint density at radius 3 is 2.33 bits per heavy atom. The number of anilines is 1. The molecule has 0 aliphatic carbocycles. The van der Waals surface area contributed by atoms with Crippen LogP contribution in [0.25, 0.3) is 0 Å². The highest BCUT2D eigenvalue weighted by molar-refractivity contribution is 6.31. The number of aromatic nitrogens is 2. The molecule has 1 aromatic carbocycles. The van der Waals surface area contributed by atoms with Gasteiger partial charge in [-0.1, -0.05) is 23.7 Å². The summed E-state index contributed by atoms with van der Waals surface area (Å²) in [6, 6.07) is 7.85. The maximum Gasteiger partial charge on any atom is 0.0837 e. The summed E-state index contributed by atoms with van der Waals surface area (Å²) in [7, 11) is 5.86.